The summed E-state index contributed by atoms with van der Waals surface area (Å²) in [6.07, 6.45) is 8.11. The zero-order valence-corrected chi connectivity index (χ0v) is 21.6. The Labute approximate surface area is 223 Å². The Balaban J connectivity index is 1.04. The predicted octanol–water partition coefficient (Wildman–Crippen LogP) is 3.46. The molecular weight excluding hydrogens is 514 g/mol. The van der Waals surface area contributed by atoms with E-state index in [1.807, 2.05) is 29.8 Å². The third-order valence-corrected chi connectivity index (χ3v) is 7.92. The Hall–Kier alpha value is -3.25. The van der Waals surface area contributed by atoms with Crippen LogP contribution in [0.3, 0.4) is 0 Å². The molecule has 3 aromatic heterocycles. The maximum absolute atomic E-state index is 6.45. The molecule has 0 radical (unpaired) electrons. The molecule has 37 heavy (non-hydrogen) atoms. The van der Waals surface area contributed by atoms with Gasteiger partial charge in [-0.25, -0.2) is 14.6 Å². The van der Waals surface area contributed by atoms with Crippen molar-refractivity contribution in [2.24, 2.45) is 0 Å². The van der Waals surface area contributed by atoms with E-state index in [0.29, 0.717) is 24.8 Å². The molecule has 0 amide bonds. The van der Waals surface area contributed by atoms with E-state index in [-0.39, 0.29) is 6.10 Å². The molecule has 2 atom stereocenters. The summed E-state index contributed by atoms with van der Waals surface area (Å²) in [5.41, 5.74) is 1.17. The number of hydrogen-bond acceptors (Lipinski definition) is 10. The van der Waals surface area contributed by atoms with Gasteiger partial charge >= 0.3 is 0 Å². The van der Waals surface area contributed by atoms with Gasteiger partial charge in [0, 0.05) is 44.3 Å². The number of aromatic nitrogens is 5. The van der Waals surface area contributed by atoms with Crippen molar-refractivity contribution < 1.29 is 14.2 Å². The summed E-state index contributed by atoms with van der Waals surface area (Å²) in [6, 6.07) is 10.0. The van der Waals surface area contributed by atoms with Gasteiger partial charge in [0.15, 0.2) is 0 Å². The number of rotatable bonds is 8. The normalized spacial score (nSPS) is 21.9. The van der Waals surface area contributed by atoms with Gasteiger partial charge in [0.1, 0.15) is 43.5 Å². The zero-order chi connectivity index (χ0) is 25.1. The van der Waals surface area contributed by atoms with E-state index in [0.717, 1.165) is 42.6 Å². The highest BCUT2D eigenvalue weighted by molar-refractivity contribution is 7.10. The summed E-state index contributed by atoms with van der Waals surface area (Å²) < 4.78 is 20.4. The minimum absolute atomic E-state index is 0.254. The van der Waals surface area contributed by atoms with E-state index < -0.39 is 5.79 Å². The van der Waals surface area contributed by atoms with E-state index in [4.69, 9.17) is 25.8 Å². The summed E-state index contributed by atoms with van der Waals surface area (Å²) in [5.74, 6) is 0.689. The minimum Gasteiger partial charge on any atom is -0.491 e. The van der Waals surface area contributed by atoms with Crippen LogP contribution in [0.15, 0.2) is 67.0 Å². The monoisotopic (exact) mass is 539 g/mol. The van der Waals surface area contributed by atoms with Crippen LogP contribution in [-0.4, -0.2) is 70.2 Å². The first-order chi connectivity index (χ1) is 18.2. The van der Waals surface area contributed by atoms with Gasteiger partial charge in [-0.2, -0.15) is 5.10 Å². The highest BCUT2D eigenvalue weighted by atomic mass is 35.5. The van der Waals surface area contributed by atoms with Crippen molar-refractivity contribution in [3.8, 4) is 5.75 Å². The average molecular weight is 540 g/mol. The van der Waals surface area contributed by atoms with Crippen LogP contribution in [0.1, 0.15) is 4.88 Å². The van der Waals surface area contributed by atoms with Gasteiger partial charge in [0.25, 0.3) is 0 Å². The Morgan fingerprint density at radius 1 is 1.05 bits per heavy atom. The molecule has 2 aliphatic heterocycles. The molecule has 5 heterocycles. The molecule has 4 aromatic rings. The van der Waals surface area contributed by atoms with Crippen molar-refractivity contribution in [1.82, 2.24) is 24.7 Å². The molecule has 2 saturated heterocycles. The molecule has 12 heteroatoms. The molecule has 10 nitrogen and oxygen atoms in total. The number of piperazine rings is 1. The smallest absolute Gasteiger partial charge is 0.226 e. The van der Waals surface area contributed by atoms with Crippen LogP contribution in [0.25, 0.3) is 0 Å². The van der Waals surface area contributed by atoms with Crippen molar-refractivity contribution in [2.45, 2.75) is 18.4 Å². The lowest BCUT2D eigenvalue weighted by atomic mass is 10.2. The van der Waals surface area contributed by atoms with Crippen LogP contribution in [0.5, 0.6) is 5.75 Å². The fourth-order valence-corrected chi connectivity index (χ4v) is 5.89. The molecule has 2 unspecified atom stereocenters. The van der Waals surface area contributed by atoms with Crippen molar-refractivity contribution in [2.75, 3.05) is 49.2 Å². The first-order valence-corrected chi connectivity index (χ1v) is 13.3. The second-order valence-electron chi connectivity index (χ2n) is 8.84. The van der Waals surface area contributed by atoms with Gasteiger partial charge in [0.2, 0.25) is 5.79 Å². The van der Waals surface area contributed by atoms with E-state index in [9.17, 15) is 0 Å². The van der Waals surface area contributed by atoms with Gasteiger partial charge in [0.05, 0.1) is 22.7 Å². The summed E-state index contributed by atoms with van der Waals surface area (Å²) in [6.45, 7) is 4.74. The van der Waals surface area contributed by atoms with Gasteiger partial charge in [-0.1, -0.05) is 11.6 Å². The average Bonchev–Trinajstić information content (AvgIpc) is 3.71. The maximum Gasteiger partial charge on any atom is 0.226 e. The number of halogens is 1. The first-order valence-electron chi connectivity index (χ1n) is 12.0. The van der Waals surface area contributed by atoms with E-state index >= 15 is 0 Å². The SMILES string of the molecule is Clc1ccsc1C1(Cn2cncn2)OCC(COc2ccc(N3CCN(c4cnccn4)CC3)cc2)O1. The lowest BCUT2D eigenvalue weighted by molar-refractivity contribution is -0.188. The van der Waals surface area contributed by atoms with Crippen LogP contribution in [0, 0.1) is 0 Å². The molecular formula is C25H26ClN7O3S. The van der Waals surface area contributed by atoms with Crippen LogP contribution in [-0.2, 0) is 21.8 Å². The van der Waals surface area contributed by atoms with Crippen molar-refractivity contribution in [3.05, 3.63) is 76.9 Å². The van der Waals surface area contributed by atoms with Crippen molar-refractivity contribution in [3.63, 3.8) is 0 Å². The largest absolute Gasteiger partial charge is 0.491 e. The van der Waals surface area contributed by atoms with Gasteiger partial charge in [-0.3, -0.25) is 4.98 Å². The summed E-state index contributed by atoms with van der Waals surface area (Å²) in [5, 5.41) is 6.75. The first kappa shape index (κ1) is 24.1. The van der Waals surface area contributed by atoms with Crippen molar-refractivity contribution in [1.29, 1.82) is 0 Å². The van der Waals surface area contributed by atoms with Gasteiger partial charge < -0.3 is 24.0 Å². The standard InChI is InChI=1S/C25H26ClN7O3S/c26-22-5-12-37-24(22)25(16-33-18-28-17-30-33)35-15-21(36-25)14-34-20-3-1-19(2-4-20)31-8-10-32(11-9-31)23-13-27-6-7-29-23/h1-7,12-13,17-18,21H,8-11,14-16H2. The van der Waals surface area contributed by atoms with E-state index in [1.165, 1.54) is 23.4 Å². The quantitative estimate of drug-likeness (QED) is 0.334. The predicted molar refractivity (Wildman–Crippen MR) is 140 cm³/mol. The number of anilines is 2. The molecule has 0 N–H and O–H groups in total. The number of benzene rings is 1. The second-order valence-corrected chi connectivity index (χ2v) is 10.2. The third kappa shape index (κ3) is 5.26. The van der Waals surface area contributed by atoms with Crippen LogP contribution in [0.2, 0.25) is 5.02 Å². The van der Waals surface area contributed by atoms with E-state index in [1.54, 1.807) is 23.4 Å². The molecule has 6 rings (SSSR count). The van der Waals surface area contributed by atoms with Crippen LogP contribution < -0.4 is 14.5 Å². The van der Waals surface area contributed by atoms with E-state index in [2.05, 4.69) is 42.0 Å². The molecule has 0 spiro atoms. The van der Waals surface area contributed by atoms with Gasteiger partial charge in [-0.05, 0) is 35.7 Å². The van der Waals surface area contributed by atoms with Crippen LogP contribution in [0.4, 0.5) is 11.5 Å². The van der Waals surface area contributed by atoms with Gasteiger partial charge in [-0.15, -0.1) is 11.3 Å². The van der Waals surface area contributed by atoms with Crippen LogP contribution >= 0.6 is 22.9 Å². The number of nitrogens with zero attached hydrogens (tertiary/aromatic N) is 7. The summed E-state index contributed by atoms with van der Waals surface area (Å²) in [7, 11) is 0. The molecule has 2 aliphatic rings. The molecule has 0 saturated carbocycles. The third-order valence-electron chi connectivity index (χ3n) is 6.45. The minimum atomic E-state index is -1.02. The fourth-order valence-electron chi connectivity index (χ4n) is 4.60. The number of thiophene rings is 1. The Morgan fingerprint density at radius 3 is 2.59 bits per heavy atom. The Kier molecular flexibility index (Phi) is 6.92. The maximum atomic E-state index is 6.45. The second kappa shape index (κ2) is 10.6. The summed E-state index contributed by atoms with van der Waals surface area (Å²) in [4.78, 5) is 18.1. The fraction of sp³-hybridized carbons (Fsp3) is 0.360. The molecule has 0 bridgehead atoms. The molecule has 0 aliphatic carbocycles. The number of hydrogen-bond donors (Lipinski definition) is 0. The molecule has 2 fully saturated rings. The number of ether oxygens (including phenoxy) is 3. The lowest BCUT2D eigenvalue weighted by Gasteiger charge is -2.36. The Morgan fingerprint density at radius 2 is 1.89 bits per heavy atom. The highest BCUT2D eigenvalue weighted by Crippen LogP contribution is 2.42. The highest BCUT2D eigenvalue weighted by Gasteiger charge is 2.46. The molecule has 1 aromatic carbocycles. The zero-order valence-electron chi connectivity index (χ0n) is 20.0. The van der Waals surface area contributed by atoms with Crippen molar-refractivity contribution >= 4 is 34.4 Å². The Bertz CT molecular complexity index is 1280. The summed E-state index contributed by atoms with van der Waals surface area (Å²) >= 11 is 7.95. The molecule has 192 valence electrons. The topological polar surface area (TPSA) is 90.7 Å². The lowest BCUT2D eigenvalue weighted by Crippen LogP contribution is -2.46.